The van der Waals surface area contributed by atoms with E-state index in [9.17, 15) is 5.11 Å². The number of aromatic nitrogens is 2. The van der Waals surface area contributed by atoms with Crippen molar-refractivity contribution in [3.8, 4) is 11.8 Å². The molecule has 164 valence electrons. The molecule has 2 N–H and O–H groups in total. The van der Waals surface area contributed by atoms with Gasteiger partial charge in [0, 0.05) is 23.7 Å². The maximum absolute atomic E-state index is 9.81. The topological polar surface area (TPSA) is 73.6 Å². The van der Waals surface area contributed by atoms with Crippen LogP contribution in [0.25, 0.3) is 0 Å². The van der Waals surface area contributed by atoms with Gasteiger partial charge in [-0.2, -0.15) is 4.98 Å². The number of hydrogen-bond donors (Lipinski definition) is 2. The highest BCUT2D eigenvalue weighted by Gasteiger charge is 2.20. The molecule has 0 atom stereocenters. The molecular formula is C25H33N5O. The highest BCUT2D eigenvalue weighted by Crippen LogP contribution is 2.24. The largest absolute Gasteiger partial charge is 0.393 e. The fraction of sp³-hybridized carbons (Fsp3) is 0.480. The van der Waals surface area contributed by atoms with Crippen molar-refractivity contribution in [2.24, 2.45) is 4.99 Å². The second kappa shape index (κ2) is 10.9. The number of nitrogens with zero attached hydrogens (tertiary/aromatic N) is 4. The maximum atomic E-state index is 9.81. The number of hydrogen-bond acceptors (Lipinski definition) is 5. The van der Waals surface area contributed by atoms with E-state index in [1.165, 1.54) is 0 Å². The summed E-state index contributed by atoms with van der Waals surface area (Å²) >= 11 is 0. The molecule has 1 saturated carbocycles. The van der Waals surface area contributed by atoms with Crippen molar-refractivity contribution in [2.45, 2.75) is 77.6 Å². The molecule has 0 radical (unpaired) electrons. The first-order chi connectivity index (χ1) is 14.9. The number of aliphatic hydroxyl groups excluding tert-OH is 1. The van der Waals surface area contributed by atoms with Gasteiger partial charge in [-0.25, -0.2) is 9.98 Å². The van der Waals surface area contributed by atoms with Gasteiger partial charge in [0.15, 0.2) is 0 Å². The molecule has 2 aromatic rings. The lowest BCUT2D eigenvalue weighted by Crippen LogP contribution is -2.35. The zero-order valence-corrected chi connectivity index (χ0v) is 18.9. The molecule has 3 rings (SSSR count). The van der Waals surface area contributed by atoms with E-state index < -0.39 is 0 Å². The highest BCUT2D eigenvalue weighted by molar-refractivity contribution is 5.62. The summed E-state index contributed by atoms with van der Waals surface area (Å²) < 4.78 is 0. The van der Waals surface area contributed by atoms with E-state index in [1.807, 2.05) is 36.7 Å². The van der Waals surface area contributed by atoms with Crippen LogP contribution in [-0.2, 0) is 0 Å². The number of aliphatic imine (C=N–C) groups is 1. The molecule has 6 nitrogen and oxygen atoms in total. The Morgan fingerprint density at radius 2 is 1.74 bits per heavy atom. The van der Waals surface area contributed by atoms with Crippen molar-refractivity contribution in [2.75, 3.05) is 5.32 Å². The normalized spacial score (nSPS) is 18.8. The lowest BCUT2D eigenvalue weighted by Gasteiger charge is -2.28. The van der Waals surface area contributed by atoms with Gasteiger partial charge in [-0.15, -0.1) is 0 Å². The molecule has 0 spiro atoms. The average molecular weight is 420 g/mol. The van der Waals surface area contributed by atoms with Crippen LogP contribution in [0.5, 0.6) is 0 Å². The van der Waals surface area contributed by atoms with E-state index in [0.29, 0.717) is 23.8 Å². The minimum Gasteiger partial charge on any atom is -0.393 e. The van der Waals surface area contributed by atoms with Gasteiger partial charge in [0.1, 0.15) is 5.82 Å². The number of rotatable bonds is 6. The number of nitrogens with one attached hydrogen (secondary N) is 1. The molecule has 31 heavy (non-hydrogen) atoms. The van der Waals surface area contributed by atoms with Crippen molar-refractivity contribution in [3.05, 3.63) is 47.7 Å². The maximum Gasteiger partial charge on any atom is 0.252 e. The van der Waals surface area contributed by atoms with Gasteiger partial charge in [-0.3, -0.25) is 0 Å². The van der Waals surface area contributed by atoms with Crippen LogP contribution in [0.2, 0.25) is 0 Å². The Kier molecular flexibility index (Phi) is 8.02. The van der Waals surface area contributed by atoms with Crippen LogP contribution >= 0.6 is 0 Å². The van der Waals surface area contributed by atoms with Crippen molar-refractivity contribution in [1.82, 2.24) is 14.9 Å². The second-order valence-corrected chi connectivity index (χ2v) is 8.58. The van der Waals surface area contributed by atoms with E-state index in [-0.39, 0.29) is 12.1 Å². The van der Waals surface area contributed by atoms with Crippen LogP contribution in [0.1, 0.15) is 64.5 Å². The monoisotopic (exact) mass is 419 g/mol. The van der Waals surface area contributed by atoms with Gasteiger partial charge in [-0.05, 0) is 65.5 Å². The Morgan fingerprint density at radius 3 is 2.39 bits per heavy atom. The summed E-state index contributed by atoms with van der Waals surface area (Å²) in [7, 11) is 0. The van der Waals surface area contributed by atoms with E-state index in [1.54, 1.807) is 6.20 Å². The standard InChI is InChI=1S/C25H33N5O/c1-18(2)30(19(3)4)17-27-25-26-16-21(11-10-20-8-6-5-7-9-20)24(29-25)28-22-12-14-23(31)15-13-22/h5-9,16-19,22-23,31H,12-15H2,1-4H3,(H,26,28,29). The smallest absolute Gasteiger partial charge is 0.252 e. The molecule has 0 amide bonds. The summed E-state index contributed by atoms with van der Waals surface area (Å²) in [5.74, 6) is 7.51. The molecule has 1 aromatic carbocycles. The fourth-order valence-electron chi connectivity index (χ4n) is 3.69. The highest BCUT2D eigenvalue weighted by atomic mass is 16.3. The summed E-state index contributed by atoms with van der Waals surface area (Å²) in [5, 5.41) is 13.3. The first-order valence-electron chi connectivity index (χ1n) is 11.1. The lowest BCUT2D eigenvalue weighted by molar-refractivity contribution is 0.126. The van der Waals surface area contributed by atoms with Crippen molar-refractivity contribution in [3.63, 3.8) is 0 Å². The molecule has 1 aromatic heterocycles. The summed E-state index contributed by atoms with van der Waals surface area (Å²) in [6.45, 7) is 8.55. The van der Waals surface area contributed by atoms with E-state index in [2.05, 4.69) is 64.7 Å². The fourth-order valence-corrected chi connectivity index (χ4v) is 3.69. The van der Waals surface area contributed by atoms with Gasteiger partial charge in [-0.1, -0.05) is 30.0 Å². The number of anilines is 1. The third kappa shape index (κ3) is 6.80. The first-order valence-corrected chi connectivity index (χ1v) is 11.1. The van der Waals surface area contributed by atoms with E-state index in [4.69, 9.17) is 0 Å². The summed E-state index contributed by atoms with van der Waals surface area (Å²) in [6.07, 6.45) is 6.78. The van der Waals surface area contributed by atoms with Crippen LogP contribution in [0.4, 0.5) is 11.8 Å². The van der Waals surface area contributed by atoms with Crippen LogP contribution in [-0.4, -0.2) is 50.5 Å². The minimum absolute atomic E-state index is 0.195. The van der Waals surface area contributed by atoms with Gasteiger partial charge in [0.05, 0.1) is 24.2 Å². The molecule has 0 unspecified atom stereocenters. The second-order valence-electron chi connectivity index (χ2n) is 8.58. The van der Waals surface area contributed by atoms with Gasteiger partial charge >= 0.3 is 0 Å². The Balaban J connectivity index is 1.86. The molecule has 6 heteroatoms. The number of aliphatic hydroxyl groups is 1. The summed E-state index contributed by atoms with van der Waals surface area (Å²) in [5.41, 5.74) is 1.69. The third-order valence-corrected chi connectivity index (χ3v) is 5.43. The zero-order valence-electron chi connectivity index (χ0n) is 18.9. The molecule has 0 aliphatic heterocycles. The SMILES string of the molecule is CC(C)N(C=Nc1ncc(C#Cc2ccccc2)c(NC2CCC(O)CC2)n1)C(C)C. The van der Waals surface area contributed by atoms with Crippen LogP contribution in [0.3, 0.4) is 0 Å². The predicted octanol–water partition coefficient (Wildman–Crippen LogP) is 4.37. The van der Waals surface area contributed by atoms with Crippen molar-refractivity contribution >= 4 is 18.1 Å². The molecule has 1 heterocycles. The molecule has 1 aliphatic carbocycles. The predicted molar refractivity (Wildman–Crippen MR) is 127 cm³/mol. The Hall–Kier alpha value is -2.91. The summed E-state index contributed by atoms with van der Waals surface area (Å²) in [6, 6.07) is 10.8. The minimum atomic E-state index is -0.195. The Morgan fingerprint density at radius 1 is 1.06 bits per heavy atom. The molecule has 1 aliphatic rings. The average Bonchev–Trinajstić information content (AvgIpc) is 2.75. The van der Waals surface area contributed by atoms with E-state index in [0.717, 1.165) is 36.8 Å². The van der Waals surface area contributed by atoms with Gasteiger partial charge in [0.2, 0.25) is 0 Å². The van der Waals surface area contributed by atoms with Gasteiger partial charge in [0.25, 0.3) is 5.95 Å². The third-order valence-electron chi connectivity index (χ3n) is 5.43. The molecular weight excluding hydrogens is 386 g/mol. The van der Waals surface area contributed by atoms with E-state index >= 15 is 0 Å². The summed E-state index contributed by atoms with van der Waals surface area (Å²) in [4.78, 5) is 15.8. The van der Waals surface area contributed by atoms with Crippen LogP contribution < -0.4 is 5.32 Å². The molecule has 1 fully saturated rings. The molecule has 0 saturated heterocycles. The van der Waals surface area contributed by atoms with Crippen LogP contribution in [0, 0.1) is 11.8 Å². The lowest BCUT2D eigenvalue weighted by atomic mass is 9.93. The van der Waals surface area contributed by atoms with Crippen molar-refractivity contribution < 1.29 is 5.11 Å². The van der Waals surface area contributed by atoms with Crippen molar-refractivity contribution in [1.29, 1.82) is 0 Å². The zero-order chi connectivity index (χ0) is 22.2. The van der Waals surface area contributed by atoms with Gasteiger partial charge < -0.3 is 15.3 Å². The molecule has 0 bridgehead atoms. The Labute approximate surface area is 185 Å². The first kappa shape index (κ1) is 22.8. The quantitative estimate of drug-likeness (QED) is 0.413. The van der Waals surface area contributed by atoms with Crippen LogP contribution in [0.15, 0.2) is 41.5 Å². The Bertz CT molecular complexity index is 914. The number of benzene rings is 1.